The molecule has 1 aromatic carbocycles. The summed E-state index contributed by atoms with van der Waals surface area (Å²) in [6.07, 6.45) is 0.926. The molecule has 20 heavy (non-hydrogen) atoms. The van der Waals surface area contributed by atoms with E-state index in [-0.39, 0.29) is 12.1 Å². The molecule has 0 saturated carbocycles. The number of urea groups is 1. The van der Waals surface area contributed by atoms with Crippen LogP contribution in [0.15, 0.2) is 24.3 Å². The highest BCUT2D eigenvalue weighted by Crippen LogP contribution is 2.08. The van der Waals surface area contributed by atoms with Gasteiger partial charge in [0.05, 0.1) is 6.61 Å². The Kier molecular flexibility index (Phi) is 7.50. The molecule has 0 aromatic heterocycles. The summed E-state index contributed by atoms with van der Waals surface area (Å²) < 4.78 is 4.98. The fourth-order valence-electron chi connectivity index (χ4n) is 1.60. The summed E-state index contributed by atoms with van der Waals surface area (Å²) in [7, 11) is 1.68. The fraction of sp³-hybridized carbons (Fsp3) is 0.533. The van der Waals surface area contributed by atoms with Crippen molar-refractivity contribution in [2.24, 2.45) is 0 Å². The van der Waals surface area contributed by atoms with Crippen LogP contribution in [0.3, 0.4) is 0 Å². The van der Waals surface area contributed by atoms with Crippen LogP contribution in [-0.2, 0) is 11.3 Å². The minimum atomic E-state index is -0.123. The van der Waals surface area contributed by atoms with Crippen LogP contribution in [0.1, 0.15) is 25.8 Å². The van der Waals surface area contributed by atoms with Crippen LogP contribution in [0.5, 0.6) is 0 Å². The minimum absolute atomic E-state index is 0.123. The third-order valence-corrected chi connectivity index (χ3v) is 3.03. The lowest BCUT2D eigenvalue weighted by Gasteiger charge is -2.12. The summed E-state index contributed by atoms with van der Waals surface area (Å²) in [5, 5.41) is 8.96. The van der Waals surface area contributed by atoms with Crippen LogP contribution in [0.4, 0.5) is 10.5 Å². The maximum absolute atomic E-state index is 11.6. The van der Waals surface area contributed by atoms with Crippen molar-refractivity contribution in [3.63, 3.8) is 0 Å². The Labute approximate surface area is 121 Å². The topological polar surface area (TPSA) is 62.4 Å². The Morgan fingerprint density at radius 3 is 2.60 bits per heavy atom. The third kappa shape index (κ3) is 6.43. The molecule has 5 heteroatoms. The van der Waals surface area contributed by atoms with Gasteiger partial charge in [-0.1, -0.05) is 19.1 Å². The minimum Gasteiger partial charge on any atom is -0.383 e. The Morgan fingerprint density at radius 1 is 1.30 bits per heavy atom. The van der Waals surface area contributed by atoms with Gasteiger partial charge in [0, 0.05) is 31.9 Å². The van der Waals surface area contributed by atoms with Crippen molar-refractivity contribution in [1.82, 2.24) is 10.6 Å². The SMILES string of the molecule is CCC(C)NC(=O)NCc1ccc(NCCOC)cc1. The van der Waals surface area contributed by atoms with Crippen LogP contribution in [0, 0.1) is 0 Å². The maximum Gasteiger partial charge on any atom is 0.315 e. The zero-order valence-electron chi connectivity index (χ0n) is 12.5. The van der Waals surface area contributed by atoms with E-state index in [0.29, 0.717) is 13.2 Å². The Hall–Kier alpha value is -1.75. The first-order chi connectivity index (χ1) is 9.65. The van der Waals surface area contributed by atoms with Gasteiger partial charge in [0.25, 0.3) is 0 Å². The molecule has 0 spiro atoms. The number of anilines is 1. The molecule has 2 amide bonds. The molecule has 0 aliphatic carbocycles. The summed E-state index contributed by atoms with van der Waals surface area (Å²) in [5.74, 6) is 0. The maximum atomic E-state index is 11.6. The summed E-state index contributed by atoms with van der Waals surface area (Å²) in [5.41, 5.74) is 2.12. The normalized spacial score (nSPS) is 11.8. The summed E-state index contributed by atoms with van der Waals surface area (Å²) in [6, 6.07) is 8.07. The highest BCUT2D eigenvalue weighted by molar-refractivity contribution is 5.74. The van der Waals surface area contributed by atoms with Crippen LogP contribution >= 0.6 is 0 Å². The second-order valence-corrected chi connectivity index (χ2v) is 4.75. The van der Waals surface area contributed by atoms with Gasteiger partial charge in [-0.25, -0.2) is 4.79 Å². The molecule has 1 rings (SSSR count). The van der Waals surface area contributed by atoms with Crippen molar-refractivity contribution in [1.29, 1.82) is 0 Å². The van der Waals surface area contributed by atoms with Crippen LogP contribution in [0.25, 0.3) is 0 Å². The lowest BCUT2D eigenvalue weighted by Crippen LogP contribution is -2.40. The Bertz CT molecular complexity index is 393. The van der Waals surface area contributed by atoms with Gasteiger partial charge in [-0.2, -0.15) is 0 Å². The molecular weight excluding hydrogens is 254 g/mol. The molecule has 0 fully saturated rings. The Balaban J connectivity index is 2.32. The summed E-state index contributed by atoms with van der Waals surface area (Å²) >= 11 is 0. The van der Waals surface area contributed by atoms with E-state index in [4.69, 9.17) is 4.74 Å². The fourth-order valence-corrected chi connectivity index (χ4v) is 1.60. The highest BCUT2D eigenvalue weighted by Gasteiger charge is 2.04. The third-order valence-electron chi connectivity index (χ3n) is 3.03. The first-order valence-electron chi connectivity index (χ1n) is 7.01. The van der Waals surface area contributed by atoms with Gasteiger partial charge in [-0.3, -0.25) is 0 Å². The van der Waals surface area contributed by atoms with Gasteiger partial charge >= 0.3 is 6.03 Å². The second-order valence-electron chi connectivity index (χ2n) is 4.75. The van der Waals surface area contributed by atoms with Gasteiger partial charge in [-0.05, 0) is 31.0 Å². The van der Waals surface area contributed by atoms with E-state index in [1.54, 1.807) is 7.11 Å². The van der Waals surface area contributed by atoms with Gasteiger partial charge < -0.3 is 20.7 Å². The van der Waals surface area contributed by atoms with Gasteiger partial charge in [-0.15, -0.1) is 0 Å². The van der Waals surface area contributed by atoms with E-state index < -0.39 is 0 Å². The molecule has 0 aliphatic rings. The van der Waals surface area contributed by atoms with Crippen LogP contribution in [0.2, 0.25) is 0 Å². The monoisotopic (exact) mass is 279 g/mol. The van der Waals surface area contributed by atoms with E-state index in [1.807, 2.05) is 38.1 Å². The largest absolute Gasteiger partial charge is 0.383 e. The lowest BCUT2D eigenvalue weighted by atomic mass is 10.2. The molecule has 0 radical (unpaired) electrons. The molecular formula is C15H25N3O2. The number of amides is 2. The van der Waals surface area contributed by atoms with Crippen LogP contribution in [-0.4, -0.2) is 32.3 Å². The Morgan fingerprint density at radius 2 is 2.00 bits per heavy atom. The highest BCUT2D eigenvalue weighted by atomic mass is 16.5. The van der Waals surface area contributed by atoms with E-state index in [1.165, 1.54) is 0 Å². The average molecular weight is 279 g/mol. The molecule has 0 aliphatic heterocycles. The van der Waals surface area contributed by atoms with Crippen molar-refractivity contribution in [3.05, 3.63) is 29.8 Å². The van der Waals surface area contributed by atoms with Crippen molar-refractivity contribution < 1.29 is 9.53 Å². The quantitative estimate of drug-likeness (QED) is 0.640. The summed E-state index contributed by atoms with van der Waals surface area (Å²) in [6.45, 7) is 6.02. The number of methoxy groups -OCH3 is 1. The number of ether oxygens (including phenoxy) is 1. The average Bonchev–Trinajstić information content (AvgIpc) is 2.46. The number of carbonyl (C=O) groups is 1. The van der Waals surface area contributed by atoms with E-state index >= 15 is 0 Å². The van der Waals surface area contributed by atoms with E-state index in [9.17, 15) is 4.79 Å². The second kappa shape index (κ2) is 9.20. The van der Waals surface area contributed by atoms with E-state index in [0.717, 1.165) is 24.2 Å². The number of rotatable bonds is 8. The number of hydrogen-bond acceptors (Lipinski definition) is 3. The number of nitrogens with one attached hydrogen (secondary N) is 3. The first-order valence-corrected chi connectivity index (χ1v) is 7.01. The smallest absolute Gasteiger partial charge is 0.315 e. The molecule has 112 valence electrons. The van der Waals surface area contributed by atoms with Crippen molar-refractivity contribution >= 4 is 11.7 Å². The first kappa shape index (κ1) is 16.3. The molecule has 0 bridgehead atoms. The van der Waals surface area contributed by atoms with Crippen molar-refractivity contribution in [2.75, 3.05) is 25.6 Å². The molecule has 5 nitrogen and oxygen atoms in total. The number of benzene rings is 1. The zero-order chi connectivity index (χ0) is 14.8. The number of carbonyl (C=O) groups excluding carboxylic acids is 1. The number of hydrogen-bond donors (Lipinski definition) is 3. The molecule has 1 aromatic rings. The lowest BCUT2D eigenvalue weighted by molar-refractivity contribution is 0.211. The zero-order valence-corrected chi connectivity index (χ0v) is 12.5. The molecule has 0 saturated heterocycles. The molecule has 3 N–H and O–H groups in total. The van der Waals surface area contributed by atoms with E-state index in [2.05, 4.69) is 16.0 Å². The van der Waals surface area contributed by atoms with Crippen molar-refractivity contribution in [3.8, 4) is 0 Å². The van der Waals surface area contributed by atoms with Gasteiger partial charge in [0.15, 0.2) is 0 Å². The van der Waals surface area contributed by atoms with Crippen molar-refractivity contribution in [2.45, 2.75) is 32.9 Å². The molecule has 0 heterocycles. The summed E-state index contributed by atoms with van der Waals surface area (Å²) in [4.78, 5) is 11.6. The molecule has 1 atom stereocenters. The van der Waals surface area contributed by atoms with Gasteiger partial charge in [0.1, 0.15) is 0 Å². The van der Waals surface area contributed by atoms with Crippen LogP contribution < -0.4 is 16.0 Å². The standard InChI is InChI=1S/C15H25N3O2/c1-4-12(2)18-15(19)17-11-13-5-7-14(8-6-13)16-9-10-20-3/h5-8,12,16H,4,9-11H2,1-3H3,(H2,17,18,19). The predicted octanol–water partition coefficient (Wildman–Crippen LogP) is 2.34. The predicted molar refractivity (Wildman–Crippen MR) is 81.9 cm³/mol. The molecule has 1 unspecified atom stereocenters. The van der Waals surface area contributed by atoms with Gasteiger partial charge in [0.2, 0.25) is 0 Å².